The van der Waals surface area contributed by atoms with E-state index in [1.54, 1.807) is 94.1 Å². The van der Waals surface area contributed by atoms with E-state index < -0.39 is 17.9 Å². The number of hydrogen-bond donors (Lipinski definition) is 0. The van der Waals surface area contributed by atoms with Crippen LogP contribution in [-0.2, 0) is 0 Å². The minimum atomic E-state index is -2.29. The Labute approximate surface area is 652 Å². The van der Waals surface area contributed by atoms with Crippen LogP contribution in [0, 0.1) is 55.4 Å². The summed E-state index contributed by atoms with van der Waals surface area (Å²) in [5.41, 5.74) is 14.9. The van der Waals surface area contributed by atoms with Crippen LogP contribution in [0.1, 0.15) is 66.8 Å². The Balaban J connectivity index is 1.04. The van der Waals surface area contributed by atoms with Crippen LogP contribution in [0.2, 0.25) is 0 Å². The molecule has 0 amide bonds. The summed E-state index contributed by atoms with van der Waals surface area (Å²) in [5, 5.41) is 3.96. The molecule has 17 heteroatoms. The number of aromatic nitrogens is 2. The Hall–Kier alpha value is -8.56. The summed E-state index contributed by atoms with van der Waals surface area (Å²) < 4.78 is 5.02. The first-order valence-corrected chi connectivity index (χ1v) is 43.3. The first-order chi connectivity index (χ1) is 51.2. The van der Waals surface area contributed by atoms with Crippen molar-refractivity contribution in [3.05, 3.63) is 320 Å². The van der Waals surface area contributed by atoms with Crippen molar-refractivity contribution in [1.82, 2.24) is 6.55 Å². The van der Waals surface area contributed by atoms with E-state index >= 15 is 0 Å². The van der Waals surface area contributed by atoms with Gasteiger partial charge in [0.05, 0.1) is 0 Å². The average Bonchev–Trinajstić information content (AvgIpc) is 1.55. The molecule has 0 aliphatic carbocycles. The number of fused-ring (bicyclic) bond motifs is 14. The van der Waals surface area contributed by atoms with Crippen molar-refractivity contribution in [3.8, 4) is 0 Å². The molecule has 0 unspecified atom stereocenters. The molecule has 6 bridgehead atoms. The van der Waals surface area contributed by atoms with Gasteiger partial charge >= 0.3 is 659 Å². The van der Waals surface area contributed by atoms with Crippen LogP contribution in [0.3, 0.4) is 0 Å². The summed E-state index contributed by atoms with van der Waals surface area (Å²) in [6.45, 7) is 17.2. The number of amidine groups is 4. The maximum absolute atomic E-state index is 6.26. The normalized spacial score (nSPS) is 13.1. The van der Waals surface area contributed by atoms with E-state index in [9.17, 15) is 0 Å². The molecule has 4 aliphatic rings. The number of rotatable bonds is 16. The standard InChI is InChI=1S/C88H64N8S8.Ga/c1-49-9-25-57(26-10-49)97-65-41-42-66(98-58-27-11-50(2)12-28-58)74-73(65)81-89-82(74)94-84-77-69(101-61-33-17-53(5)18-34-61)45-46-70(102-62-35-19-54(6)20-36-62)78(77)86(91-84)96-88-80-72(104-64-39-23-56(8)24-40-64)48-47-71(103-63-37-21-55(7)22-38-63)79(80)87(92-88)95-85-76-68(100-60-31-15-52(4)16-32-60)44-43-67(75(76)83(90-85)93-81)99-59-29-13-51(3)14-30-59;/h9-48H,1-8H3;/q-2;+2. The van der Waals surface area contributed by atoms with Gasteiger partial charge in [0, 0.05) is 0 Å². The zero-order chi connectivity index (χ0) is 71.1. The molecule has 1 radical (unpaired) electrons. The monoisotopic (exact) mass is 1560 g/mol. The van der Waals surface area contributed by atoms with Gasteiger partial charge in [0.1, 0.15) is 0 Å². The molecule has 507 valence electrons. The zero-order valence-corrected chi connectivity index (χ0v) is 67.5. The molecule has 0 fully saturated rings. The van der Waals surface area contributed by atoms with Gasteiger partial charge in [-0.05, 0) is 0 Å². The molecule has 14 aromatic rings. The van der Waals surface area contributed by atoms with E-state index in [1.807, 2.05) is 0 Å². The summed E-state index contributed by atoms with van der Waals surface area (Å²) in [6.07, 6.45) is 0. The second kappa shape index (κ2) is 28.6. The fourth-order valence-electron chi connectivity index (χ4n) is 13.2. The van der Waals surface area contributed by atoms with Crippen LogP contribution in [-0.4, -0.2) is 47.8 Å². The van der Waals surface area contributed by atoms with Crippen LogP contribution >= 0.6 is 94.1 Å². The van der Waals surface area contributed by atoms with Crippen LogP contribution in [0.25, 0.3) is 21.5 Å². The molecule has 2 aromatic heterocycles. The summed E-state index contributed by atoms with van der Waals surface area (Å²) in [4.78, 5) is 54.2. The Morgan fingerprint density at radius 3 is 0.619 bits per heavy atom. The van der Waals surface area contributed by atoms with Gasteiger partial charge in [-0.2, -0.15) is 0 Å². The summed E-state index contributed by atoms with van der Waals surface area (Å²) in [7, 11) is 0. The molecule has 0 N–H and O–H groups in total. The Kier molecular flexibility index (Phi) is 18.6. The van der Waals surface area contributed by atoms with Crippen molar-refractivity contribution < 1.29 is 0 Å². The van der Waals surface area contributed by atoms with Crippen molar-refractivity contribution in [2.45, 2.75) is 134 Å². The molecule has 105 heavy (non-hydrogen) atoms. The molecule has 8 nitrogen and oxygen atoms in total. The van der Waals surface area contributed by atoms with Crippen LogP contribution < -0.4 is 11.0 Å². The molecular weight excluding hydrogens is 1500 g/mol. The summed E-state index contributed by atoms with van der Waals surface area (Å²) >= 11 is 11.7. The van der Waals surface area contributed by atoms with Gasteiger partial charge < -0.3 is 0 Å². The van der Waals surface area contributed by atoms with E-state index in [1.165, 1.54) is 44.5 Å². The van der Waals surface area contributed by atoms with Crippen molar-refractivity contribution in [2.75, 3.05) is 0 Å². The molecule has 0 atom stereocenters. The van der Waals surface area contributed by atoms with Crippen molar-refractivity contribution in [3.63, 3.8) is 0 Å². The van der Waals surface area contributed by atoms with Crippen molar-refractivity contribution in [1.29, 1.82) is 0 Å². The number of nitrogens with zero attached hydrogens (tertiary/aromatic N) is 8. The average molecular weight is 1560 g/mol. The zero-order valence-electron chi connectivity index (χ0n) is 58.5. The molecule has 12 aromatic carbocycles. The molecular formula is C88H64GaN8S8. The Morgan fingerprint density at radius 1 is 0.200 bits per heavy atom. The van der Waals surface area contributed by atoms with Crippen LogP contribution in [0.4, 0.5) is 11.6 Å². The predicted molar refractivity (Wildman–Crippen MR) is 444 cm³/mol. The fraction of sp³-hybridized carbons (Fsp3) is 0.0909. The van der Waals surface area contributed by atoms with Crippen molar-refractivity contribution >= 4 is 169 Å². The van der Waals surface area contributed by atoms with Gasteiger partial charge in [-0.1, -0.05) is 0 Å². The Bertz CT molecular complexity index is 5780. The first kappa shape index (κ1) is 68.3. The van der Waals surface area contributed by atoms with E-state index in [0.29, 0.717) is 23.3 Å². The molecule has 0 spiro atoms. The van der Waals surface area contributed by atoms with Gasteiger partial charge in [0.2, 0.25) is 0 Å². The molecule has 6 heterocycles. The predicted octanol–water partition coefficient (Wildman–Crippen LogP) is 24.1. The topological polar surface area (TPSA) is 84.0 Å². The molecule has 4 aliphatic heterocycles. The SMILES string of the molecule is Cc1ccc(Sc2ccc(Sc3ccc(C)cc3)c3c2C2=NC3=Nc3c4c(Sc5ccc(C)cc5)ccc(Sc5ccc(C)cc5)c4c4[n]3[Ga][n]3c(c5c(Sc6ccc(C)cc6)ccc(Sc6ccc(C)cc6)c5c3=NC3=NC(=N4)c4c(Sc5ccc(C)cc5)ccc(Sc5ccc(C)cc5)c43)=N2)cc1. The number of benzene rings is 12. The van der Waals surface area contributed by atoms with Crippen molar-refractivity contribution in [2.24, 2.45) is 30.0 Å². The molecule has 0 saturated heterocycles. The van der Waals surface area contributed by atoms with E-state index in [2.05, 4.69) is 305 Å². The molecule has 0 saturated carbocycles. The number of aliphatic imine (C=N–C) groups is 4. The van der Waals surface area contributed by atoms with Gasteiger partial charge in [0.25, 0.3) is 0 Å². The van der Waals surface area contributed by atoms with Gasteiger partial charge in [-0.25, -0.2) is 0 Å². The quantitative estimate of drug-likeness (QED) is 0.0885. The molecule has 18 rings (SSSR count). The maximum atomic E-state index is 6.26. The third kappa shape index (κ3) is 13.6. The van der Waals surface area contributed by atoms with Crippen LogP contribution in [0.5, 0.6) is 0 Å². The summed E-state index contributed by atoms with van der Waals surface area (Å²) in [6, 6.07) is 89.3. The third-order valence-corrected chi connectivity index (χ3v) is 30.3. The third-order valence-electron chi connectivity index (χ3n) is 18.7. The van der Waals surface area contributed by atoms with E-state index in [0.717, 1.165) is 145 Å². The number of hydrogen-bond acceptors (Lipinski definition) is 14. The Morgan fingerprint density at radius 2 is 0.390 bits per heavy atom. The second-order valence-electron chi connectivity index (χ2n) is 26.7. The van der Waals surface area contributed by atoms with Gasteiger partial charge in [-0.3, -0.25) is 0 Å². The van der Waals surface area contributed by atoms with Crippen LogP contribution in [0.15, 0.2) is 351 Å². The van der Waals surface area contributed by atoms with E-state index in [-0.39, 0.29) is 0 Å². The van der Waals surface area contributed by atoms with E-state index in [4.69, 9.17) is 30.0 Å². The summed E-state index contributed by atoms with van der Waals surface area (Å²) in [5.74, 6) is 3.93. The van der Waals surface area contributed by atoms with Gasteiger partial charge in [-0.15, -0.1) is 0 Å². The minimum absolute atomic E-state index is 0.594. The first-order valence-electron chi connectivity index (χ1n) is 34.6. The fourth-order valence-corrected chi connectivity index (χ4v) is 23.8. The van der Waals surface area contributed by atoms with Gasteiger partial charge in [0.15, 0.2) is 0 Å². The second-order valence-corrected chi connectivity index (χ2v) is 38.3. The number of aryl methyl sites for hydroxylation is 8.